The summed E-state index contributed by atoms with van der Waals surface area (Å²) in [6.07, 6.45) is 2.43. The van der Waals surface area contributed by atoms with E-state index in [4.69, 9.17) is 0 Å². The van der Waals surface area contributed by atoms with Gasteiger partial charge in [-0.3, -0.25) is 4.79 Å². The summed E-state index contributed by atoms with van der Waals surface area (Å²) in [7, 11) is 0. The molecule has 1 fully saturated rings. The van der Waals surface area contributed by atoms with E-state index in [-0.39, 0.29) is 5.91 Å². The second-order valence-electron chi connectivity index (χ2n) is 7.78. The maximum absolute atomic E-state index is 13.2. The zero-order valence-electron chi connectivity index (χ0n) is 16.9. The van der Waals surface area contributed by atoms with Gasteiger partial charge in [-0.2, -0.15) is 0 Å². The van der Waals surface area contributed by atoms with Gasteiger partial charge in [-0.1, -0.05) is 42.5 Å². The van der Waals surface area contributed by atoms with E-state index in [1.165, 1.54) is 0 Å². The number of aromatic nitrogens is 2. The lowest BCUT2D eigenvalue weighted by atomic mass is 10.0. The van der Waals surface area contributed by atoms with Crippen LogP contribution in [0.25, 0.3) is 11.1 Å². The van der Waals surface area contributed by atoms with Gasteiger partial charge in [0.25, 0.3) is 5.91 Å². The molecule has 6 nitrogen and oxygen atoms in total. The fourth-order valence-electron chi connectivity index (χ4n) is 4.27. The average molecular weight is 399 g/mol. The Morgan fingerprint density at radius 3 is 2.37 bits per heavy atom. The Balaban J connectivity index is 1.36. The van der Waals surface area contributed by atoms with Crippen molar-refractivity contribution in [3.05, 3.63) is 77.7 Å². The summed E-state index contributed by atoms with van der Waals surface area (Å²) < 4.78 is 0. The van der Waals surface area contributed by atoms with Gasteiger partial charge in [0, 0.05) is 50.3 Å². The summed E-state index contributed by atoms with van der Waals surface area (Å²) in [4.78, 5) is 26.5. The smallest absolute Gasteiger partial charge is 0.254 e. The molecule has 0 bridgehead atoms. The van der Waals surface area contributed by atoms with Crippen molar-refractivity contribution in [3.63, 3.8) is 0 Å². The summed E-state index contributed by atoms with van der Waals surface area (Å²) in [6.45, 7) is 5.01. The highest BCUT2D eigenvalue weighted by Crippen LogP contribution is 2.27. The molecule has 0 spiro atoms. The number of nitrogens with zero attached hydrogens (tertiary/aromatic N) is 4. The largest absolute Gasteiger partial charge is 0.354 e. The Morgan fingerprint density at radius 2 is 1.60 bits per heavy atom. The third-order valence-electron chi connectivity index (χ3n) is 5.92. The van der Waals surface area contributed by atoms with Crippen LogP contribution in [0.1, 0.15) is 21.6 Å². The average Bonchev–Trinajstić information content (AvgIpc) is 2.84. The third-order valence-corrected chi connectivity index (χ3v) is 5.92. The number of carbonyl (C=O) groups is 1. The first-order valence-corrected chi connectivity index (χ1v) is 10.5. The van der Waals surface area contributed by atoms with Crippen molar-refractivity contribution in [1.29, 1.82) is 0 Å². The van der Waals surface area contributed by atoms with E-state index >= 15 is 0 Å². The standard InChI is InChI=1S/C24H25N5O/c30-24(20-8-6-19(7-9-20)18-4-2-1-3-5-18)29-13-10-22-21(16-29)23(27-17-26-22)28-14-11-25-12-15-28/h1-9,17,25H,10-16H2. The van der Waals surface area contributed by atoms with E-state index < -0.39 is 0 Å². The zero-order chi connectivity index (χ0) is 20.3. The van der Waals surface area contributed by atoms with E-state index in [1.54, 1.807) is 6.33 Å². The molecule has 3 aromatic rings. The molecule has 2 aliphatic rings. The van der Waals surface area contributed by atoms with E-state index in [0.29, 0.717) is 13.1 Å². The zero-order valence-corrected chi connectivity index (χ0v) is 16.9. The van der Waals surface area contributed by atoms with Crippen molar-refractivity contribution >= 4 is 11.7 Å². The Kier molecular flexibility index (Phi) is 5.15. The first-order chi connectivity index (χ1) is 14.8. The van der Waals surface area contributed by atoms with Crippen molar-refractivity contribution in [3.8, 4) is 11.1 Å². The van der Waals surface area contributed by atoms with Gasteiger partial charge in [0.15, 0.2) is 0 Å². The third kappa shape index (κ3) is 3.66. The number of carbonyl (C=O) groups excluding carboxylic acids is 1. The lowest BCUT2D eigenvalue weighted by Gasteiger charge is -2.34. The normalized spacial score (nSPS) is 16.3. The molecule has 0 saturated carbocycles. The Morgan fingerprint density at radius 1 is 0.867 bits per heavy atom. The minimum absolute atomic E-state index is 0.0652. The molecular formula is C24H25N5O. The maximum Gasteiger partial charge on any atom is 0.254 e. The molecular weight excluding hydrogens is 374 g/mol. The molecule has 1 aromatic heterocycles. The fraction of sp³-hybridized carbons (Fsp3) is 0.292. The molecule has 3 heterocycles. The van der Waals surface area contributed by atoms with E-state index in [1.807, 2.05) is 47.4 Å². The highest BCUT2D eigenvalue weighted by atomic mass is 16.2. The number of piperazine rings is 1. The molecule has 30 heavy (non-hydrogen) atoms. The topological polar surface area (TPSA) is 61.4 Å². The number of hydrogen-bond donors (Lipinski definition) is 1. The van der Waals surface area contributed by atoms with Crippen LogP contribution in [0, 0.1) is 0 Å². The number of nitrogens with one attached hydrogen (secondary N) is 1. The predicted molar refractivity (Wildman–Crippen MR) is 117 cm³/mol. The Labute approximate surface area is 176 Å². The van der Waals surface area contributed by atoms with Gasteiger partial charge in [-0.05, 0) is 23.3 Å². The molecule has 5 rings (SSSR count). The van der Waals surface area contributed by atoms with Crippen LogP contribution >= 0.6 is 0 Å². The maximum atomic E-state index is 13.2. The van der Waals surface area contributed by atoms with Crippen LogP contribution in [0.5, 0.6) is 0 Å². The van der Waals surface area contributed by atoms with Gasteiger partial charge in [-0.15, -0.1) is 0 Å². The van der Waals surface area contributed by atoms with Crippen LogP contribution in [-0.4, -0.2) is 53.5 Å². The van der Waals surface area contributed by atoms with Crippen molar-refractivity contribution in [2.75, 3.05) is 37.6 Å². The quantitative estimate of drug-likeness (QED) is 0.734. The van der Waals surface area contributed by atoms with Gasteiger partial charge in [0.05, 0.1) is 12.2 Å². The monoisotopic (exact) mass is 399 g/mol. The molecule has 1 N–H and O–H groups in total. The second-order valence-corrected chi connectivity index (χ2v) is 7.78. The summed E-state index contributed by atoms with van der Waals surface area (Å²) in [5.41, 5.74) is 5.16. The van der Waals surface area contributed by atoms with Gasteiger partial charge in [-0.25, -0.2) is 9.97 Å². The SMILES string of the molecule is O=C(c1ccc(-c2ccccc2)cc1)N1CCc2ncnc(N3CCNCC3)c2C1. The number of anilines is 1. The van der Waals surface area contributed by atoms with E-state index in [0.717, 1.165) is 66.4 Å². The molecule has 0 unspecified atom stereocenters. The fourth-order valence-corrected chi connectivity index (χ4v) is 4.27. The van der Waals surface area contributed by atoms with Crippen LogP contribution in [0.4, 0.5) is 5.82 Å². The number of fused-ring (bicyclic) bond motifs is 1. The number of hydrogen-bond acceptors (Lipinski definition) is 5. The van der Waals surface area contributed by atoms with Crippen molar-refractivity contribution in [1.82, 2.24) is 20.2 Å². The molecule has 0 radical (unpaired) electrons. The lowest BCUT2D eigenvalue weighted by Crippen LogP contribution is -2.45. The minimum atomic E-state index is 0.0652. The van der Waals surface area contributed by atoms with Crippen LogP contribution in [0.15, 0.2) is 60.9 Å². The van der Waals surface area contributed by atoms with Crippen molar-refractivity contribution < 1.29 is 4.79 Å². The lowest BCUT2D eigenvalue weighted by molar-refractivity contribution is 0.0733. The van der Waals surface area contributed by atoms with E-state index in [2.05, 4.69) is 32.3 Å². The number of amides is 1. The van der Waals surface area contributed by atoms with Crippen LogP contribution in [-0.2, 0) is 13.0 Å². The first-order valence-electron chi connectivity index (χ1n) is 10.5. The van der Waals surface area contributed by atoms with Gasteiger partial charge < -0.3 is 15.1 Å². The molecule has 0 atom stereocenters. The Hall–Kier alpha value is -3.25. The molecule has 1 amide bonds. The molecule has 2 aliphatic heterocycles. The van der Waals surface area contributed by atoms with Gasteiger partial charge >= 0.3 is 0 Å². The molecule has 0 aliphatic carbocycles. The van der Waals surface area contributed by atoms with Crippen LogP contribution in [0.2, 0.25) is 0 Å². The van der Waals surface area contributed by atoms with Crippen LogP contribution in [0.3, 0.4) is 0 Å². The van der Waals surface area contributed by atoms with Crippen molar-refractivity contribution in [2.45, 2.75) is 13.0 Å². The second kappa shape index (κ2) is 8.24. The molecule has 6 heteroatoms. The summed E-state index contributed by atoms with van der Waals surface area (Å²) in [5, 5.41) is 3.38. The highest BCUT2D eigenvalue weighted by Gasteiger charge is 2.27. The number of rotatable bonds is 3. The summed E-state index contributed by atoms with van der Waals surface area (Å²) >= 11 is 0. The van der Waals surface area contributed by atoms with E-state index in [9.17, 15) is 4.79 Å². The first kappa shape index (κ1) is 18.8. The minimum Gasteiger partial charge on any atom is -0.354 e. The molecule has 152 valence electrons. The Bertz CT molecular complexity index is 1030. The van der Waals surface area contributed by atoms with Gasteiger partial charge in [0.1, 0.15) is 12.1 Å². The predicted octanol–water partition coefficient (Wildman–Crippen LogP) is 2.75. The highest BCUT2D eigenvalue weighted by molar-refractivity contribution is 5.95. The van der Waals surface area contributed by atoms with Crippen LogP contribution < -0.4 is 10.2 Å². The molecule has 1 saturated heterocycles. The summed E-state index contributed by atoms with van der Waals surface area (Å²) in [5.74, 6) is 1.05. The molecule has 2 aromatic carbocycles. The summed E-state index contributed by atoms with van der Waals surface area (Å²) in [6, 6.07) is 18.1. The van der Waals surface area contributed by atoms with Crippen molar-refractivity contribution in [2.24, 2.45) is 0 Å². The van der Waals surface area contributed by atoms with Gasteiger partial charge in [0.2, 0.25) is 0 Å². The number of benzene rings is 2.